The van der Waals surface area contributed by atoms with E-state index in [2.05, 4.69) is 255 Å². The fourth-order valence-corrected chi connectivity index (χ4v) is 11.2. The Balaban J connectivity index is 1.09. The van der Waals surface area contributed by atoms with Crippen molar-refractivity contribution in [1.29, 1.82) is 0 Å². The van der Waals surface area contributed by atoms with E-state index in [4.69, 9.17) is 0 Å². The Hall–Kier alpha value is -7.74. The zero-order valence-corrected chi connectivity index (χ0v) is 35.5. The molecule has 0 fully saturated rings. The van der Waals surface area contributed by atoms with Gasteiger partial charge in [-0.3, -0.25) is 0 Å². The second kappa shape index (κ2) is 14.4. The van der Waals surface area contributed by atoms with Gasteiger partial charge in [0.2, 0.25) is 0 Å². The molecule has 0 amide bonds. The van der Waals surface area contributed by atoms with Crippen LogP contribution < -0.4 is 4.90 Å². The first-order valence-electron chi connectivity index (χ1n) is 22.1. The third-order valence-corrected chi connectivity index (χ3v) is 14.0. The molecule has 63 heavy (non-hydrogen) atoms. The van der Waals surface area contributed by atoms with Gasteiger partial charge < -0.3 is 4.90 Å². The van der Waals surface area contributed by atoms with Crippen LogP contribution in [0.25, 0.3) is 55.3 Å². The number of fused-ring (bicyclic) bond motifs is 7. The van der Waals surface area contributed by atoms with Crippen LogP contribution in [0.3, 0.4) is 0 Å². The van der Waals surface area contributed by atoms with Crippen LogP contribution in [-0.4, -0.2) is 0 Å². The minimum absolute atomic E-state index is 0.150. The van der Waals surface area contributed by atoms with Crippen molar-refractivity contribution in [3.05, 3.63) is 270 Å². The SMILES string of the molecule is CC1(C)c2ccccc2-c2ccc(N(c3ccc(C4(c5ccccc5)c5ccccc5-c5ccccc54)cc3)c3ccccc3-c3cccc4cccc(-c5ccccc5)c34)cc21. The van der Waals surface area contributed by atoms with Crippen LogP contribution in [0, 0.1) is 0 Å². The maximum atomic E-state index is 2.49. The number of benzene rings is 10. The molecule has 12 rings (SSSR count). The summed E-state index contributed by atoms with van der Waals surface area (Å²) in [4.78, 5) is 2.49. The number of hydrogen-bond donors (Lipinski definition) is 0. The van der Waals surface area contributed by atoms with Crippen molar-refractivity contribution in [1.82, 2.24) is 0 Å². The number of rotatable bonds is 7. The van der Waals surface area contributed by atoms with E-state index in [1.54, 1.807) is 0 Å². The Bertz CT molecular complexity index is 3310. The zero-order chi connectivity index (χ0) is 42.1. The predicted molar refractivity (Wildman–Crippen MR) is 264 cm³/mol. The van der Waals surface area contributed by atoms with Crippen LogP contribution in [0.5, 0.6) is 0 Å². The Kier molecular flexibility index (Phi) is 8.49. The van der Waals surface area contributed by atoms with Crippen molar-refractivity contribution in [3.8, 4) is 44.5 Å². The topological polar surface area (TPSA) is 3.24 Å². The fourth-order valence-electron chi connectivity index (χ4n) is 11.2. The van der Waals surface area contributed by atoms with E-state index in [1.165, 1.54) is 88.7 Å². The van der Waals surface area contributed by atoms with Crippen molar-refractivity contribution in [2.75, 3.05) is 4.90 Å². The summed E-state index contributed by atoms with van der Waals surface area (Å²) in [6.07, 6.45) is 0. The molecule has 0 saturated carbocycles. The molecule has 0 saturated heterocycles. The number of anilines is 3. The molecule has 0 radical (unpaired) electrons. The predicted octanol–water partition coefficient (Wildman–Crippen LogP) is 16.3. The lowest BCUT2D eigenvalue weighted by molar-refractivity contribution is 0.660. The van der Waals surface area contributed by atoms with Gasteiger partial charge in [-0.2, -0.15) is 0 Å². The van der Waals surface area contributed by atoms with Gasteiger partial charge in [-0.1, -0.05) is 220 Å². The van der Waals surface area contributed by atoms with E-state index in [1.807, 2.05) is 0 Å². The van der Waals surface area contributed by atoms with Crippen molar-refractivity contribution in [2.45, 2.75) is 24.7 Å². The third kappa shape index (κ3) is 5.56. The van der Waals surface area contributed by atoms with E-state index in [9.17, 15) is 0 Å². The highest BCUT2D eigenvalue weighted by Crippen LogP contribution is 2.57. The molecule has 10 aromatic rings. The summed E-state index contributed by atoms with van der Waals surface area (Å²) >= 11 is 0. The quantitative estimate of drug-likeness (QED) is 0.155. The molecule has 0 heterocycles. The number of para-hydroxylation sites is 1. The molecule has 2 aliphatic rings. The van der Waals surface area contributed by atoms with Crippen LogP contribution in [0.15, 0.2) is 237 Å². The Morgan fingerprint density at radius 3 is 1.46 bits per heavy atom. The molecule has 0 N–H and O–H groups in total. The minimum atomic E-state index is -0.476. The maximum Gasteiger partial charge on any atom is 0.0713 e. The molecule has 298 valence electrons. The van der Waals surface area contributed by atoms with Gasteiger partial charge in [0.1, 0.15) is 0 Å². The van der Waals surface area contributed by atoms with Gasteiger partial charge in [0.25, 0.3) is 0 Å². The van der Waals surface area contributed by atoms with Crippen LogP contribution in [0.2, 0.25) is 0 Å². The second-order valence-corrected chi connectivity index (χ2v) is 17.6. The van der Waals surface area contributed by atoms with Crippen LogP contribution in [0.4, 0.5) is 17.1 Å². The highest BCUT2D eigenvalue weighted by molar-refractivity contribution is 6.09. The van der Waals surface area contributed by atoms with Gasteiger partial charge in [0, 0.05) is 22.4 Å². The first kappa shape index (κ1) is 37.1. The molecule has 0 aromatic heterocycles. The van der Waals surface area contributed by atoms with E-state index in [0.717, 1.165) is 17.1 Å². The van der Waals surface area contributed by atoms with Crippen LogP contribution >= 0.6 is 0 Å². The van der Waals surface area contributed by atoms with E-state index >= 15 is 0 Å². The Morgan fingerprint density at radius 2 is 0.794 bits per heavy atom. The average molecular weight is 804 g/mol. The van der Waals surface area contributed by atoms with Crippen molar-refractivity contribution < 1.29 is 0 Å². The zero-order valence-electron chi connectivity index (χ0n) is 35.5. The van der Waals surface area contributed by atoms with E-state index in [0.29, 0.717) is 0 Å². The summed E-state index contributed by atoms with van der Waals surface area (Å²) in [6, 6.07) is 87.8. The highest BCUT2D eigenvalue weighted by atomic mass is 15.1. The van der Waals surface area contributed by atoms with Gasteiger partial charge >= 0.3 is 0 Å². The average Bonchev–Trinajstić information content (AvgIpc) is 3.78. The van der Waals surface area contributed by atoms with Crippen molar-refractivity contribution in [3.63, 3.8) is 0 Å². The fraction of sp³-hybridized carbons (Fsp3) is 0.0645. The minimum Gasteiger partial charge on any atom is -0.310 e. The molecule has 0 unspecified atom stereocenters. The lowest BCUT2D eigenvalue weighted by Crippen LogP contribution is -2.28. The molecule has 1 nitrogen and oxygen atoms in total. The first-order valence-corrected chi connectivity index (χ1v) is 22.1. The van der Waals surface area contributed by atoms with Crippen LogP contribution in [-0.2, 0) is 10.8 Å². The summed E-state index contributed by atoms with van der Waals surface area (Å²) in [5.41, 5.74) is 20.7. The van der Waals surface area contributed by atoms with E-state index < -0.39 is 5.41 Å². The largest absolute Gasteiger partial charge is 0.310 e. The molecule has 0 aliphatic heterocycles. The number of nitrogens with zero attached hydrogens (tertiary/aromatic N) is 1. The van der Waals surface area contributed by atoms with Gasteiger partial charge in [-0.05, 0) is 113 Å². The lowest BCUT2D eigenvalue weighted by Gasteiger charge is -2.35. The Labute approximate surface area is 370 Å². The standard InChI is InChI=1S/C62H45N/c1-61(2)55-31-13-9-25-49(55)52-40-39-47(41-58(52)61)63(59-34-16-12-28-53(59)54-30-18-22-43-21-17-29-48(60(43)54)42-19-5-3-6-20-42)46-37-35-45(36-38-46)62(44-23-7-4-8-24-44)56-32-14-10-26-50(56)51-27-11-15-33-57(51)62/h3-41H,1-2H3. The molecule has 10 aromatic carbocycles. The van der Waals surface area contributed by atoms with Gasteiger partial charge in [0.15, 0.2) is 0 Å². The normalized spacial score (nSPS) is 13.8. The number of hydrogen-bond acceptors (Lipinski definition) is 1. The first-order chi connectivity index (χ1) is 31.0. The summed E-state index contributed by atoms with van der Waals surface area (Å²) in [7, 11) is 0. The summed E-state index contributed by atoms with van der Waals surface area (Å²) in [6.45, 7) is 4.74. The molecule has 0 bridgehead atoms. The van der Waals surface area contributed by atoms with E-state index in [-0.39, 0.29) is 5.41 Å². The summed E-state index contributed by atoms with van der Waals surface area (Å²) in [5.74, 6) is 0. The van der Waals surface area contributed by atoms with Crippen LogP contribution in [0.1, 0.15) is 47.2 Å². The summed E-state index contributed by atoms with van der Waals surface area (Å²) in [5, 5.41) is 2.47. The monoisotopic (exact) mass is 803 g/mol. The molecule has 0 atom stereocenters. The maximum absolute atomic E-state index is 2.49. The van der Waals surface area contributed by atoms with Gasteiger partial charge in [-0.25, -0.2) is 0 Å². The molecular formula is C62H45N. The lowest BCUT2D eigenvalue weighted by atomic mass is 9.68. The molecular weight excluding hydrogens is 759 g/mol. The van der Waals surface area contributed by atoms with Crippen molar-refractivity contribution in [2.24, 2.45) is 0 Å². The molecule has 2 aliphatic carbocycles. The van der Waals surface area contributed by atoms with Crippen molar-refractivity contribution >= 4 is 27.8 Å². The van der Waals surface area contributed by atoms with Gasteiger partial charge in [0.05, 0.1) is 11.1 Å². The molecule has 1 heteroatoms. The second-order valence-electron chi connectivity index (χ2n) is 17.6. The van der Waals surface area contributed by atoms with Gasteiger partial charge in [-0.15, -0.1) is 0 Å². The smallest absolute Gasteiger partial charge is 0.0713 e. The Morgan fingerprint density at radius 1 is 0.317 bits per heavy atom. The highest BCUT2D eigenvalue weighted by Gasteiger charge is 2.46. The third-order valence-electron chi connectivity index (χ3n) is 14.0. The molecule has 0 spiro atoms. The summed E-state index contributed by atoms with van der Waals surface area (Å²) < 4.78 is 0.